The minimum absolute atomic E-state index is 0.106. The van der Waals surface area contributed by atoms with Gasteiger partial charge in [0.15, 0.2) is 5.75 Å². The molecule has 0 radical (unpaired) electrons. The zero-order chi connectivity index (χ0) is 10.8. The summed E-state index contributed by atoms with van der Waals surface area (Å²) in [6, 6.07) is 7.00. The summed E-state index contributed by atoms with van der Waals surface area (Å²) in [5.41, 5.74) is 1.37. The lowest BCUT2D eigenvalue weighted by Crippen LogP contribution is -2.04. The molecule has 0 unspecified atom stereocenters. The van der Waals surface area contributed by atoms with Crippen LogP contribution in [0.4, 0.5) is 4.79 Å². The maximum absolute atomic E-state index is 10.3. The van der Waals surface area contributed by atoms with Gasteiger partial charge in [0.25, 0.3) is 0 Å². The Hall–Kier alpha value is -2.02. The van der Waals surface area contributed by atoms with E-state index in [1.807, 2.05) is 12.1 Å². The molecular weight excluding hydrogens is 194 g/mol. The first kappa shape index (κ1) is 9.53. The molecule has 2 rings (SSSR count). The lowest BCUT2D eigenvalue weighted by Gasteiger charge is -2.04. The van der Waals surface area contributed by atoms with E-state index in [1.54, 1.807) is 12.1 Å². The van der Waals surface area contributed by atoms with Gasteiger partial charge in [-0.15, -0.1) is 0 Å². The van der Waals surface area contributed by atoms with Crippen LogP contribution in [0.2, 0.25) is 0 Å². The van der Waals surface area contributed by atoms with Crippen molar-refractivity contribution in [1.82, 2.24) is 0 Å². The van der Waals surface area contributed by atoms with Crippen LogP contribution in [0.25, 0.3) is 0 Å². The van der Waals surface area contributed by atoms with Crippen molar-refractivity contribution in [2.45, 2.75) is 18.8 Å². The van der Waals surface area contributed by atoms with Crippen LogP contribution < -0.4 is 4.74 Å². The van der Waals surface area contributed by atoms with Gasteiger partial charge in [-0.2, -0.15) is 5.26 Å². The molecule has 0 aliphatic heterocycles. The Morgan fingerprint density at radius 2 is 2.27 bits per heavy atom. The molecule has 0 aromatic heterocycles. The Balaban J connectivity index is 2.31. The molecule has 0 amide bonds. The maximum Gasteiger partial charge on any atom is 0.511 e. The molecule has 1 aromatic carbocycles. The van der Waals surface area contributed by atoms with Crippen LogP contribution in [0.15, 0.2) is 18.2 Å². The third kappa shape index (κ3) is 2.08. The standard InChI is InChI=1S/C11H9NO3/c12-6-9-5-8(7-1-2-7)3-4-10(9)15-11(13)14/h3-5,7H,1-2H2,(H,13,14). The fraction of sp³-hybridized carbons (Fsp3) is 0.273. The zero-order valence-corrected chi connectivity index (χ0v) is 7.93. The van der Waals surface area contributed by atoms with E-state index < -0.39 is 6.16 Å². The number of carboxylic acid groups (broad SMARTS) is 1. The predicted octanol–water partition coefficient (Wildman–Crippen LogP) is 2.49. The summed E-state index contributed by atoms with van der Waals surface area (Å²) in [7, 11) is 0. The highest BCUT2D eigenvalue weighted by Crippen LogP contribution is 2.41. The van der Waals surface area contributed by atoms with E-state index in [0.29, 0.717) is 5.92 Å². The minimum atomic E-state index is -1.40. The molecule has 0 spiro atoms. The van der Waals surface area contributed by atoms with Crippen molar-refractivity contribution < 1.29 is 14.6 Å². The number of nitriles is 1. The summed E-state index contributed by atoms with van der Waals surface area (Å²) in [5, 5.41) is 17.3. The Kier molecular flexibility index (Phi) is 2.30. The molecule has 76 valence electrons. The molecule has 4 heteroatoms. The Morgan fingerprint density at radius 1 is 1.53 bits per heavy atom. The Bertz CT molecular complexity index is 444. The highest BCUT2D eigenvalue weighted by Gasteiger charge is 2.24. The van der Waals surface area contributed by atoms with Crippen molar-refractivity contribution in [3.8, 4) is 11.8 Å². The number of benzene rings is 1. The molecule has 1 saturated carbocycles. The van der Waals surface area contributed by atoms with E-state index in [0.717, 1.165) is 18.4 Å². The molecule has 4 nitrogen and oxygen atoms in total. The topological polar surface area (TPSA) is 70.3 Å². The fourth-order valence-corrected chi connectivity index (χ4v) is 1.49. The smallest absolute Gasteiger partial charge is 0.449 e. The van der Waals surface area contributed by atoms with Crippen LogP contribution in [0.3, 0.4) is 0 Å². The quantitative estimate of drug-likeness (QED) is 0.592. The van der Waals surface area contributed by atoms with E-state index in [-0.39, 0.29) is 11.3 Å². The second-order valence-electron chi connectivity index (χ2n) is 3.51. The largest absolute Gasteiger partial charge is 0.511 e. The zero-order valence-electron chi connectivity index (χ0n) is 7.93. The van der Waals surface area contributed by atoms with Crippen LogP contribution in [-0.4, -0.2) is 11.3 Å². The van der Waals surface area contributed by atoms with Gasteiger partial charge in [0, 0.05) is 0 Å². The first-order valence-electron chi connectivity index (χ1n) is 4.65. The predicted molar refractivity (Wildman–Crippen MR) is 51.8 cm³/mol. The number of hydrogen-bond acceptors (Lipinski definition) is 3. The maximum atomic E-state index is 10.3. The highest BCUT2D eigenvalue weighted by atomic mass is 16.7. The summed E-state index contributed by atoms with van der Waals surface area (Å²) in [6.45, 7) is 0. The Labute approximate surface area is 86.7 Å². The van der Waals surface area contributed by atoms with Gasteiger partial charge in [0.05, 0.1) is 5.56 Å². The van der Waals surface area contributed by atoms with Gasteiger partial charge in [-0.3, -0.25) is 0 Å². The average molecular weight is 203 g/mol. The lowest BCUT2D eigenvalue weighted by molar-refractivity contribution is 0.144. The van der Waals surface area contributed by atoms with Gasteiger partial charge in [0.1, 0.15) is 6.07 Å². The number of carbonyl (C=O) groups is 1. The molecule has 15 heavy (non-hydrogen) atoms. The molecule has 0 atom stereocenters. The van der Waals surface area contributed by atoms with E-state index in [1.165, 1.54) is 0 Å². The summed E-state index contributed by atoms with van der Waals surface area (Å²) in [5.74, 6) is 0.644. The van der Waals surface area contributed by atoms with Crippen LogP contribution in [-0.2, 0) is 0 Å². The van der Waals surface area contributed by atoms with Crippen LogP contribution >= 0.6 is 0 Å². The first-order chi connectivity index (χ1) is 7.20. The van der Waals surface area contributed by atoms with Crippen molar-refractivity contribution >= 4 is 6.16 Å². The molecule has 1 aliphatic rings. The second-order valence-corrected chi connectivity index (χ2v) is 3.51. The van der Waals surface area contributed by atoms with Gasteiger partial charge in [-0.25, -0.2) is 4.79 Å². The summed E-state index contributed by atoms with van der Waals surface area (Å²) in [4.78, 5) is 10.3. The molecule has 0 bridgehead atoms. The number of nitrogens with zero attached hydrogens (tertiary/aromatic N) is 1. The summed E-state index contributed by atoms with van der Waals surface area (Å²) in [6.07, 6.45) is 0.888. The van der Waals surface area contributed by atoms with E-state index in [2.05, 4.69) is 4.74 Å². The lowest BCUT2D eigenvalue weighted by atomic mass is 10.1. The minimum Gasteiger partial charge on any atom is -0.449 e. The van der Waals surface area contributed by atoms with Crippen molar-refractivity contribution in [2.75, 3.05) is 0 Å². The van der Waals surface area contributed by atoms with Gasteiger partial charge in [0.2, 0.25) is 0 Å². The van der Waals surface area contributed by atoms with E-state index in [4.69, 9.17) is 10.4 Å². The highest BCUT2D eigenvalue weighted by molar-refractivity contribution is 5.63. The van der Waals surface area contributed by atoms with Crippen LogP contribution in [0.5, 0.6) is 5.75 Å². The summed E-state index contributed by atoms with van der Waals surface area (Å²) >= 11 is 0. The molecule has 1 aliphatic carbocycles. The molecule has 1 N–H and O–H groups in total. The van der Waals surface area contributed by atoms with Crippen molar-refractivity contribution in [3.05, 3.63) is 29.3 Å². The molecule has 1 fully saturated rings. The van der Waals surface area contributed by atoms with Crippen molar-refractivity contribution in [2.24, 2.45) is 0 Å². The van der Waals surface area contributed by atoms with Crippen molar-refractivity contribution in [3.63, 3.8) is 0 Å². The summed E-state index contributed by atoms with van der Waals surface area (Å²) < 4.78 is 4.49. The third-order valence-electron chi connectivity index (χ3n) is 2.37. The monoisotopic (exact) mass is 203 g/mol. The van der Waals surface area contributed by atoms with Crippen LogP contribution in [0, 0.1) is 11.3 Å². The van der Waals surface area contributed by atoms with Crippen LogP contribution in [0.1, 0.15) is 29.9 Å². The number of hydrogen-bond donors (Lipinski definition) is 1. The van der Waals surface area contributed by atoms with Gasteiger partial charge < -0.3 is 9.84 Å². The number of rotatable bonds is 2. The normalized spacial score (nSPS) is 14.3. The fourth-order valence-electron chi connectivity index (χ4n) is 1.49. The van der Waals surface area contributed by atoms with E-state index >= 15 is 0 Å². The van der Waals surface area contributed by atoms with Crippen molar-refractivity contribution in [1.29, 1.82) is 5.26 Å². The molecular formula is C11H9NO3. The first-order valence-corrected chi connectivity index (χ1v) is 4.65. The van der Waals surface area contributed by atoms with Gasteiger partial charge in [-0.05, 0) is 36.5 Å². The molecule has 0 saturated heterocycles. The SMILES string of the molecule is N#Cc1cc(C2CC2)ccc1OC(=O)O. The molecule has 0 heterocycles. The van der Waals surface area contributed by atoms with Gasteiger partial charge >= 0.3 is 6.16 Å². The Morgan fingerprint density at radius 3 is 2.80 bits per heavy atom. The second kappa shape index (κ2) is 3.62. The molecule has 1 aromatic rings. The van der Waals surface area contributed by atoms with E-state index in [9.17, 15) is 4.79 Å². The van der Waals surface area contributed by atoms with Gasteiger partial charge in [-0.1, -0.05) is 6.07 Å². The number of ether oxygens (including phenoxy) is 1. The average Bonchev–Trinajstić information content (AvgIpc) is 3.01. The third-order valence-corrected chi connectivity index (χ3v) is 2.37.